The number of H-pyrrole nitrogens is 1. The number of hydrogen-bond donors (Lipinski definition) is 1. The first-order chi connectivity index (χ1) is 12.8. The van der Waals surface area contributed by atoms with Gasteiger partial charge in [0.25, 0.3) is 0 Å². The first-order valence-electron chi connectivity index (χ1n) is 8.75. The lowest BCUT2D eigenvalue weighted by Gasteiger charge is -2.23. The van der Waals surface area contributed by atoms with Crippen LogP contribution < -0.4 is 9.64 Å². The summed E-state index contributed by atoms with van der Waals surface area (Å²) in [6.45, 7) is 1.55. The molecule has 1 aliphatic heterocycles. The van der Waals surface area contributed by atoms with Crippen molar-refractivity contribution in [1.29, 1.82) is 0 Å². The number of halogens is 1. The van der Waals surface area contributed by atoms with E-state index in [4.69, 9.17) is 16.3 Å². The van der Waals surface area contributed by atoms with Crippen molar-refractivity contribution >= 4 is 17.4 Å². The van der Waals surface area contributed by atoms with Gasteiger partial charge in [-0.05, 0) is 37.1 Å². The maximum atomic E-state index is 5.97. The molecular formula is C19H20ClN5O. The Labute approximate surface area is 157 Å². The third-order valence-electron chi connectivity index (χ3n) is 4.52. The van der Waals surface area contributed by atoms with Gasteiger partial charge >= 0.3 is 0 Å². The van der Waals surface area contributed by atoms with Crippen LogP contribution in [-0.4, -0.2) is 33.3 Å². The van der Waals surface area contributed by atoms with E-state index < -0.39 is 0 Å². The molecule has 6 nitrogen and oxygen atoms in total. The van der Waals surface area contributed by atoms with Gasteiger partial charge in [-0.2, -0.15) is 5.10 Å². The summed E-state index contributed by atoms with van der Waals surface area (Å²) in [5, 5.41) is 8.33. The molecule has 1 N–H and O–H groups in total. The highest BCUT2D eigenvalue weighted by Gasteiger charge is 2.29. The lowest BCUT2D eigenvalue weighted by Crippen LogP contribution is -2.23. The minimum atomic E-state index is 0.241. The summed E-state index contributed by atoms with van der Waals surface area (Å²) in [6, 6.07) is 9.80. The standard InChI is InChI=1S/C19H20ClN5O/c20-14-3-1-4-16(11-14)26-10-6-15-12-17(24-23-15)18-5-2-9-25(18)19-13-21-7-8-22-19/h1,3-4,7-8,11-13,18H,2,5-6,9-10H2,(H,23,24). The zero-order valence-electron chi connectivity index (χ0n) is 14.3. The van der Waals surface area contributed by atoms with Crippen molar-refractivity contribution in [3.8, 4) is 5.75 Å². The fourth-order valence-corrected chi connectivity index (χ4v) is 3.48. The Balaban J connectivity index is 1.38. The number of aromatic nitrogens is 4. The Morgan fingerprint density at radius 2 is 2.23 bits per heavy atom. The summed E-state index contributed by atoms with van der Waals surface area (Å²) < 4.78 is 5.76. The monoisotopic (exact) mass is 369 g/mol. The third kappa shape index (κ3) is 3.80. The van der Waals surface area contributed by atoms with Gasteiger partial charge in [0.15, 0.2) is 0 Å². The second-order valence-electron chi connectivity index (χ2n) is 6.29. The SMILES string of the molecule is Clc1cccc(OCCc2cc(C3CCCN3c3cnccn3)n[nH]2)c1. The van der Waals surface area contributed by atoms with Gasteiger partial charge in [-0.1, -0.05) is 17.7 Å². The average Bonchev–Trinajstić information content (AvgIpc) is 3.32. The normalized spacial score (nSPS) is 16.8. The van der Waals surface area contributed by atoms with Crippen LogP contribution in [0.4, 0.5) is 5.82 Å². The number of nitrogens with zero attached hydrogens (tertiary/aromatic N) is 4. The molecule has 1 unspecified atom stereocenters. The van der Waals surface area contributed by atoms with Crippen LogP contribution in [0.1, 0.15) is 30.3 Å². The maximum absolute atomic E-state index is 5.97. The predicted octanol–water partition coefficient (Wildman–Crippen LogP) is 3.82. The number of benzene rings is 1. The van der Waals surface area contributed by atoms with E-state index in [0.717, 1.165) is 48.8 Å². The van der Waals surface area contributed by atoms with Crippen molar-refractivity contribution in [2.45, 2.75) is 25.3 Å². The molecule has 3 heterocycles. The van der Waals surface area contributed by atoms with E-state index in [1.807, 2.05) is 30.5 Å². The molecule has 2 aromatic heterocycles. The van der Waals surface area contributed by atoms with Crippen LogP contribution in [0, 0.1) is 0 Å². The van der Waals surface area contributed by atoms with Crippen LogP contribution in [0.25, 0.3) is 0 Å². The van der Waals surface area contributed by atoms with Crippen molar-refractivity contribution in [2.24, 2.45) is 0 Å². The fraction of sp³-hybridized carbons (Fsp3) is 0.316. The van der Waals surface area contributed by atoms with E-state index >= 15 is 0 Å². The highest BCUT2D eigenvalue weighted by Crippen LogP contribution is 2.34. The van der Waals surface area contributed by atoms with E-state index in [-0.39, 0.29) is 6.04 Å². The number of ether oxygens (including phenoxy) is 1. The summed E-state index contributed by atoms with van der Waals surface area (Å²) in [7, 11) is 0. The number of anilines is 1. The molecule has 4 rings (SSSR count). The number of rotatable bonds is 6. The largest absolute Gasteiger partial charge is 0.493 e. The van der Waals surface area contributed by atoms with Crippen LogP contribution >= 0.6 is 11.6 Å². The Morgan fingerprint density at radius 1 is 1.27 bits per heavy atom. The van der Waals surface area contributed by atoms with E-state index in [1.165, 1.54) is 0 Å². The Morgan fingerprint density at radius 3 is 3.08 bits per heavy atom. The predicted molar refractivity (Wildman–Crippen MR) is 101 cm³/mol. The molecular weight excluding hydrogens is 350 g/mol. The van der Waals surface area contributed by atoms with E-state index in [9.17, 15) is 0 Å². The van der Waals surface area contributed by atoms with E-state index in [2.05, 4.69) is 31.1 Å². The van der Waals surface area contributed by atoms with Crippen molar-refractivity contribution in [2.75, 3.05) is 18.1 Å². The van der Waals surface area contributed by atoms with Crippen LogP contribution in [-0.2, 0) is 6.42 Å². The van der Waals surface area contributed by atoms with Crippen LogP contribution in [0.15, 0.2) is 48.9 Å². The topological polar surface area (TPSA) is 66.9 Å². The van der Waals surface area contributed by atoms with Gasteiger partial charge < -0.3 is 9.64 Å². The summed E-state index contributed by atoms with van der Waals surface area (Å²) in [5.41, 5.74) is 2.11. The molecule has 0 spiro atoms. The molecule has 0 saturated carbocycles. The van der Waals surface area contributed by atoms with Gasteiger partial charge in [0, 0.05) is 36.1 Å². The lowest BCUT2D eigenvalue weighted by atomic mass is 10.1. The molecule has 1 atom stereocenters. The number of aromatic amines is 1. The van der Waals surface area contributed by atoms with E-state index in [0.29, 0.717) is 11.6 Å². The Kier molecular flexibility index (Phi) is 5.02. The summed E-state index contributed by atoms with van der Waals surface area (Å²) in [5.74, 6) is 1.69. The lowest BCUT2D eigenvalue weighted by molar-refractivity contribution is 0.320. The molecule has 134 valence electrons. The zero-order chi connectivity index (χ0) is 17.8. The van der Waals surface area contributed by atoms with Gasteiger partial charge in [-0.25, -0.2) is 4.98 Å². The first-order valence-corrected chi connectivity index (χ1v) is 9.12. The van der Waals surface area contributed by atoms with Gasteiger partial charge in [0.05, 0.1) is 24.5 Å². The van der Waals surface area contributed by atoms with Crippen molar-refractivity contribution < 1.29 is 4.74 Å². The van der Waals surface area contributed by atoms with Gasteiger partial charge in [-0.15, -0.1) is 0 Å². The Hall–Kier alpha value is -2.60. The van der Waals surface area contributed by atoms with Crippen LogP contribution in [0.2, 0.25) is 5.02 Å². The molecule has 0 bridgehead atoms. The molecule has 1 fully saturated rings. The number of hydrogen-bond acceptors (Lipinski definition) is 5. The molecule has 0 amide bonds. The van der Waals surface area contributed by atoms with Gasteiger partial charge in [0.1, 0.15) is 11.6 Å². The molecule has 1 aliphatic rings. The maximum Gasteiger partial charge on any atom is 0.147 e. The van der Waals surface area contributed by atoms with Crippen molar-refractivity contribution in [3.05, 3.63) is 65.3 Å². The molecule has 1 saturated heterocycles. The smallest absolute Gasteiger partial charge is 0.147 e. The summed E-state index contributed by atoms with van der Waals surface area (Å²) in [4.78, 5) is 10.9. The first kappa shape index (κ1) is 16.8. The average molecular weight is 370 g/mol. The highest BCUT2D eigenvalue weighted by atomic mass is 35.5. The van der Waals surface area contributed by atoms with Crippen molar-refractivity contribution in [1.82, 2.24) is 20.2 Å². The second kappa shape index (κ2) is 7.74. The molecule has 0 aliphatic carbocycles. The van der Waals surface area contributed by atoms with Crippen molar-refractivity contribution in [3.63, 3.8) is 0 Å². The number of nitrogens with one attached hydrogen (secondary N) is 1. The highest BCUT2D eigenvalue weighted by molar-refractivity contribution is 6.30. The minimum absolute atomic E-state index is 0.241. The molecule has 26 heavy (non-hydrogen) atoms. The van der Waals surface area contributed by atoms with E-state index in [1.54, 1.807) is 12.4 Å². The van der Waals surface area contributed by atoms with Gasteiger partial charge in [-0.3, -0.25) is 10.1 Å². The third-order valence-corrected chi connectivity index (χ3v) is 4.76. The zero-order valence-corrected chi connectivity index (χ0v) is 15.1. The second-order valence-corrected chi connectivity index (χ2v) is 6.73. The van der Waals surface area contributed by atoms with Crippen LogP contribution in [0.5, 0.6) is 5.75 Å². The Bertz CT molecular complexity index is 854. The fourth-order valence-electron chi connectivity index (χ4n) is 3.30. The minimum Gasteiger partial charge on any atom is -0.493 e. The van der Waals surface area contributed by atoms with Gasteiger partial charge in [0.2, 0.25) is 0 Å². The van der Waals surface area contributed by atoms with Crippen LogP contribution in [0.3, 0.4) is 0 Å². The molecule has 7 heteroatoms. The molecule has 1 aromatic carbocycles. The molecule has 0 radical (unpaired) electrons. The molecule has 3 aromatic rings. The summed E-state index contributed by atoms with van der Waals surface area (Å²) >= 11 is 5.97. The quantitative estimate of drug-likeness (QED) is 0.715. The summed E-state index contributed by atoms with van der Waals surface area (Å²) in [6.07, 6.45) is 8.19.